The Bertz CT molecular complexity index is 573. The van der Waals surface area contributed by atoms with Crippen molar-refractivity contribution in [3.8, 4) is 5.75 Å². The van der Waals surface area contributed by atoms with Gasteiger partial charge in [-0.15, -0.1) is 0 Å². The zero-order valence-corrected chi connectivity index (χ0v) is 12.2. The lowest BCUT2D eigenvalue weighted by atomic mass is 10.2. The van der Waals surface area contributed by atoms with E-state index in [1.165, 1.54) is 6.07 Å². The maximum atomic E-state index is 13.6. The summed E-state index contributed by atoms with van der Waals surface area (Å²) in [6, 6.07) is 2.36. The third-order valence-electron chi connectivity index (χ3n) is 2.21. The van der Waals surface area contributed by atoms with E-state index in [1.807, 2.05) is 0 Å². The maximum Gasteiger partial charge on any atom is 0.354 e. The number of rotatable bonds is 4. The van der Waals surface area contributed by atoms with Crippen LogP contribution in [-0.4, -0.2) is 31.3 Å². The molecule has 0 saturated heterocycles. The Hall–Kier alpha value is -2.09. The fourth-order valence-electron chi connectivity index (χ4n) is 1.23. The quantitative estimate of drug-likeness (QED) is 0.491. The second kappa shape index (κ2) is 6.90. The standard InChI is InChI=1S/C12H11BrFNO5/c1-19-9(16)5-8(12(18)20-2)15-10-7(14)4-3-6(13)11(10)17/h3-5,15,17H,1-2H3/b8-5+. The number of ether oxygens (including phenoxy) is 2. The van der Waals surface area contributed by atoms with E-state index in [4.69, 9.17) is 0 Å². The third-order valence-corrected chi connectivity index (χ3v) is 2.85. The SMILES string of the molecule is COC(=O)/C=C(/Nc1c(F)ccc(Br)c1O)C(=O)OC. The minimum absolute atomic E-state index is 0.212. The van der Waals surface area contributed by atoms with Crippen molar-refractivity contribution in [2.45, 2.75) is 0 Å². The van der Waals surface area contributed by atoms with Crippen LogP contribution in [0.2, 0.25) is 0 Å². The topological polar surface area (TPSA) is 84.9 Å². The van der Waals surface area contributed by atoms with E-state index in [1.54, 1.807) is 0 Å². The van der Waals surface area contributed by atoms with Gasteiger partial charge in [0.25, 0.3) is 0 Å². The highest BCUT2D eigenvalue weighted by Gasteiger charge is 2.18. The molecule has 0 aromatic heterocycles. The molecule has 0 spiro atoms. The first-order valence-electron chi connectivity index (χ1n) is 5.22. The van der Waals surface area contributed by atoms with Crippen LogP contribution in [0.1, 0.15) is 0 Å². The van der Waals surface area contributed by atoms with Crippen LogP contribution in [0.5, 0.6) is 5.75 Å². The van der Waals surface area contributed by atoms with Crippen molar-refractivity contribution in [2.24, 2.45) is 0 Å². The van der Waals surface area contributed by atoms with Crippen molar-refractivity contribution in [1.82, 2.24) is 0 Å². The number of halogens is 2. The number of hydrogen-bond donors (Lipinski definition) is 2. The van der Waals surface area contributed by atoms with E-state index in [2.05, 4.69) is 30.7 Å². The number of methoxy groups -OCH3 is 2. The largest absolute Gasteiger partial charge is 0.505 e. The minimum atomic E-state index is -0.922. The van der Waals surface area contributed by atoms with Crippen molar-refractivity contribution >= 4 is 33.6 Å². The monoisotopic (exact) mass is 347 g/mol. The van der Waals surface area contributed by atoms with Gasteiger partial charge in [-0.25, -0.2) is 14.0 Å². The number of phenols is 1. The fraction of sp³-hybridized carbons (Fsp3) is 0.167. The van der Waals surface area contributed by atoms with Crippen molar-refractivity contribution in [1.29, 1.82) is 0 Å². The minimum Gasteiger partial charge on any atom is -0.505 e. The number of esters is 2. The number of carbonyl (C=O) groups is 2. The van der Waals surface area contributed by atoms with Crippen LogP contribution >= 0.6 is 15.9 Å². The van der Waals surface area contributed by atoms with E-state index in [0.29, 0.717) is 0 Å². The van der Waals surface area contributed by atoms with Gasteiger partial charge in [0, 0.05) is 0 Å². The first kappa shape index (κ1) is 16.0. The molecule has 6 nitrogen and oxygen atoms in total. The van der Waals surface area contributed by atoms with Gasteiger partial charge in [0.15, 0.2) is 11.6 Å². The van der Waals surface area contributed by atoms with Gasteiger partial charge in [-0.2, -0.15) is 0 Å². The Balaban J connectivity index is 3.21. The fourth-order valence-corrected chi connectivity index (χ4v) is 1.56. The highest BCUT2D eigenvalue weighted by atomic mass is 79.9. The van der Waals surface area contributed by atoms with Gasteiger partial charge in [0.1, 0.15) is 11.4 Å². The molecule has 0 fully saturated rings. The third kappa shape index (κ3) is 3.70. The van der Waals surface area contributed by atoms with Crippen LogP contribution in [0.25, 0.3) is 0 Å². The van der Waals surface area contributed by atoms with E-state index in [0.717, 1.165) is 26.4 Å². The maximum absolute atomic E-state index is 13.6. The lowest BCUT2D eigenvalue weighted by Crippen LogP contribution is -2.16. The Morgan fingerprint density at radius 3 is 2.55 bits per heavy atom. The molecular formula is C12H11BrFNO5. The summed E-state index contributed by atoms with van der Waals surface area (Å²) in [5.74, 6) is -3.03. The van der Waals surface area contributed by atoms with Crippen LogP contribution in [0, 0.1) is 5.82 Å². The van der Waals surface area contributed by atoms with Crippen molar-refractivity contribution < 1.29 is 28.6 Å². The van der Waals surface area contributed by atoms with Gasteiger partial charge in [-0.05, 0) is 28.1 Å². The average molecular weight is 348 g/mol. The second-order valence-electron chi connectivity index (χ2n) is 3.45. The predicted molar refractivity (Wildman–Crippen MR) is 71.5 cm³/mol. The molecule has 0 unspecified atom stereocenters. The van der Waals surface area contributed by atoms with Gasteiger partial charge >= 0.3 is 11.9 Å². The van der Waals surface area contributed by atoms with E-state index in [9.17, 15) is 19.1 Å². The Morgan fingerprint density at radius 2 is 2.00 bits per heavy atom. The van der Waals surface area contributed by atoms with Gasteiger partial charge < -0.3 is 19.9 Å². The summed E-state index contributed by atoms with van der Waals surface area (Å²) in [5, 5.41) is 12.0. The molecular weight excluding hydrogens is 337 g/mol. The molecule has 108 valence electrons. The number of hydrogen-bond acceptors (Lipinski definition) is 6. The normalized spacial score (nSPS) is 10.9. The second-order valence-corrected chi connectivity index (χ2v) is 4.30. The Kier molecular flexibility index (Phi) is 5.51. The number of benzene rings is 1. The predicted octanol–water partition coefficient (Wildman–Crippen LogP) is 1.94. The number of phenolic OH excluding ortho intramolecular Hbond substituents is 1. The number of carbonyl (C=O) groups excluding carboxylic acids is 2. The van der Waals surface area contributed by atoms with Crippen LogP contribution in [0.4, 0.5) is 10.1 Å². The summed E-state index contributed by atoms with van der Waals surface area (Å²) in [7, 11) is 2.21. The van der Waals surface area contributed by atoms with Crippen molar-refractivity contribution in [2.75, 3.05) is 19.5 Å². The lowest BCUT2D eigenvalue weighted by Gasteiger charge is -2.12. The van der Waals surface area contributed by atoms with E-state index >= 15 is 0 Å². The smallest absolute Gasteiger partial charge is 0.354 e. The molecule has 0 heterocycles. The van der Waals surface area contributed by atoms with Crippen LogP contribution in [0.3, 0.4) is 0 Å². The Morgan fingerprint density at radius 1 is 1.35 bits per heavy atom. The first-order chi connectivity index (χ1) is 9.40. The zero-order chi connectivity index (χ0) is 15.3. The van der Waals surface area contributed by atoms with Gasteiger partial charge in [-0.1, -0.05) is 0 Å². The number of anilines is 1. The molecule has 0 aliphatic rings. The molecule has 1 aromatic carbocycles. The van der Waals surface area contributed by atoms with E-state index < -0.39 is 23.5 Å². The highest BCUT2D eigenvalue weighted by molar-refractivity contribution is 9.10. The molecule has 0 amide bonds. The molecule has 0 atom stereocenters. The number of aromatic hydroxyl groups is 1. The molecule has 20 heavy (non-hydrogen) atoms. The molecule has 2 N–H and O–H groups in total. The zero-order valence-electron chi connectivity index (χ0n) is 10.6. The summed E-state index contributed by atoms with van der Waals surface area (Å²) in [4.78, 5) is 22.7. The van der Waals surface area contributed by atoms with Crippen LogP contribution in [0.15, 0.2) is 28.4 Å². The average Bonchev–Trinajstić information content (AvgIpc) is 2.45. The molecule has 0 saturated carbocycles. The van der Waals surface area contributed by atoms with Crippen molar-refractivity contribution in [3.63, 3.8) is 0 Å². The summed E-state index contributed by atoms with van der Waals surface area (Å²) >= 11 is 3.00. The molecule has 0 bridgehead atoms. The van der Waals surface area contributed by atoms with Crippen LogP contribution in [-0.2, 0) is 19.1 Å². The summed E-state index contributed by atoms with van der Waals surface area (Å²) in [5.41, 5.74) is -0.758. The first-order valence-corrected chi connectivity index (χ1v) is 6.02. The molecule has 0 aliphatic carbocycles. The summed E-state index contributed by atoms with van der Waals surface area (Å²) < 4.78 is 22.7. The summed E-state index contributed by atoms with van der Waals surface area (Å²) in [6.07, 6.45) is 0.783. The number of nitrogens with one attached hydrogen (secondary N) is 1. The van der Waals surface area contributed by atoms with Crippen LogP contribution < -0.4 is 5.32 Å². The highest BCUT2D eigenvalue weighted by Crippen LogP contribution is 2.35. The lowest BCUT2D eigenvalue weighted by molar-refractivity contribution is -0.138. The molecule has 8 heteroatoms. The van der Waals surface area contributed by atoms with E-state index in [-0.39, 0.29) is 15.9 Å². The summed E-state index contributed by atoms with van der Waals surface area (Å²) in [6.45, 7) is 0. The van der Waals surface area contributed by atoms with Gasteiger partial charge in [0.05, 0.1) is 24.8 Å². The molecule has 0 radical (unpaired) electrons. The Labute approximate surface area is 122 Å². The molecule has 1 rings (SSSR count). The molecule has 0 aliphatic heterocycles. The van der Waals surface area contributed by atoms with Crippen molar-refractivity contribution in [3.05, 3.63) is 34.2 Å². The van der Waals surface area contributed by atoms with Gasteiger partial charge in [0.2, 0.25) is 0 Å². The molecule has 1 aromatic rings. The van der Waals surface area contributed by atoms with Gasteiger partial charge in [-0.3, -0.25) is 0 Å².